The number of likely N-dealkylation sites (N-methyl/N-ethyl adjacent to an activating group) is 1. The third-order valence-electron chi connectivity index (χ3n) is 4.67. The van der Waals surface area contributed by atoms with Crippen molar-refractivity contribution in [3.8, 4) is 0 Å². The van der Waals surface area contributed by atoms with Crippen molar-refractivity contribution in [2.24, 2.45) is 7.05 Å². The van der Waals surface area contributed by atoms with Crippen LogP contribution in [0.5, 0.6) is 0 Å². The summed E-state index contributed by atoms with van der Waals surface area (Å²) in [5.74, 6) is 1.15. The van der Waals surface area contributed by atoms with Gasteiger partial charge in [0.05, 0.1) is 18.2 Å². The third-order valence-corrected chi connectivity index (χ3v) is 6.93. The van der Waals surface area contributed by atoms with Crippen molar-refractivity contribution >= 4 is 22.1 Å². The van der Waals surface area contributed by atoms with Gasteiger partial charge in [0.15, 0.2) is 14.6 Å². The lowest BCUT2D eigenvalue weighted by atomic mass is 10.1. The lowest BCUT2D eigenvalue weighted by Crippen LogP contribution is -2.25. The maximum atomic E-state index is 11.7. The zero-order valence-corrected chi connectivity index (χ0v) is 16.3. The summed E-state index contributed by atoms with van der Waals surface area (Å²) in [6, 6.07) is 10.4. The Kier molecular flexibility index (Phi) is 5.41. The first-order chi connectivity index (χ1) is 11.9. The quantitative estimate of drug-likeness (QED) is 0.717. The summed E-state index contributed by atoms with van der Waals surface area (Å²) < 4.78 is 27.7. The second-order valence-corrected chi connectivity index (χ2v) is 9.35. The second-order valence-electron chi connectivity index (χ2n) is 6.76. The average Bonchev–Trinajstić information content (AvgIpc) is 3.08. The summed E-state index contributed by atoms with van der Waals surface area (Å²) in [6.45, 7) is 1.49. The van der Waals surface area contributed by atoms with Crippen LogP contribution in [-0.4, -0.2) is 52.8 Å². The van der Waals surface area contributed by atoms with Gasteiger partial charge >= 0.3 is 0 Å². The van der Waals surface area contributed by atoms with E-state index in [9.17, 15) is 8.42 Å². The molecule has 0 radical (unpaired) electrons. The summed E-state index contributed by atoms with van der Waals surface area (Å²) in [6.07, 6.45) is 1.59. The van der Waals surface area contributed by atoms with Gasteiger partial charge in [-0.15, -0.1) is 0 Å². The van der Waals surface area contributed by atoms with E-state index in [1.165, 1.54) is 5.56 Å². The summed E-state index contributed by atoms with van der Waals surface area (Å²) in [7, 11) is 0.979. The Labute approximate surface area is 154 Å². The molecule has 25 heavy (non-hydrogen) atoms. The molecule has 0 amide bonds. The molecule has 2 aromatic rings. The topological polar surface area (TPSA) is 60.1 Å². The molecule has 1 fully saturated rings. The van der Waals surface area contributed by atoms with Crippen LogP contribution in [0.15, 0.2) is 30.3 Å². The van der Waals surface area contributed by atoms with Crippen LogP contribution in [0.3, 0.4) is 0 Å². The molecule has 3 rings (SSSR count). The molecule has 1 aliphatic heterocycles. The smallest absolute Gasteiger partial charge is 0.198 e. The third kappa shape index (κ3) is 4.37. The number of nitrogens with zero attached hydrogens (tertiary/aromatic N) is 4. The van der Waals surface area contributed by atoms with E-state index in [1.54, 1.807) is 4.68 Å². The van der Waals surface area contributed by atoms with E-state index in [4.69, 9.17) is 12.2 Å². The molecule has 1 aromatic carbocycles. The number of hydrogen-bond donors (Lipinski definition) is 0. The summed E-state index contributed by atoms with van der Waals surface area (Å²) in [4.78, 5) is 2.17. The van der Waals surface area contributed by atoms with Crippen molar-refractivity contribution in [2.75, 3.05) is 25.1 Å². The van der Waals surface area contributed by atoms with Gasteiger partial charge in [0, 0.05) is 19.5 Å². The minimum Gasteiger partial charge on any atom is -0.307 e. The normalized spacial score (nSPS) is 19.6. The molecule has 136 valence electrons. The van der Waals surface area contributed by atoms with Crippen LogP contribution in [0.2, 0.25) is 0 Å². The lowest BCUT2D eigenvalue weighted by molar-refractivity contribution is 0.254. The summed E-state index contributed by atoms with van der Waals surface area (Å²) >= 11 is 5.49. The second kappa shape index (κ2) is 7.39. The van der Waals surface area contributed by atoms with Crippen LogP contribution >= 0.6 is 12.2 Å². The fourth-order valence-electron chi connectivity index (χ4n) is 3.21. The first-order valence-corrected chi connectivity index (χ1v) is 10.7. The van der Waals surface area contributed by atoms with Crippen LogP contribution < -0.4 is 0 Å². The van der Waals surface area contributed by atoms with E-state index in [1.807, 2.05) is 36.9 Å². The molecule has 2 heterocycles. The zero-order chi connectivity index (χ0) is 18.0. The van der Waals surface area contributed by atoms with Gasteiger partial charge < -0.3 is 4.57 Å². The van der Waals surface area contributed by atoms with Gasteiger partial charge in [-0.05, 0) is 37.7 Å². The van der Waals surface area contributed by atoms with Gasteiger partial charge in [0.2, 0.25) is 0 Å². The van der Waals surface area contributed by atoms with Gasteiger partial charge in [0.25, 0.3) is 0 Å². The molecule has 0 spiro atoms. The SMILES string of the molecule is CN(CCc1ccccc1)Cn1nc(C2CCS(=O)(=O)C2)n(C)c1=S. The van der Waals surface area contributed by atoms with Crippen molar-refractivity contribution in [1.82, 2.24) is 19.2 Å². The highest BCUT2D eigenvalue weighted by Crippen LogP contribution is 2.27. The van der Waals surface area contributed by atoms with Crippen molar-refractivity contribution in [2.45, 2.75) is 25.4 Å². The van der Waals surface area contributed by atoms with Crippen LogP contribution in [0, 0.1) is 4.77 Å². The Morgan fingerprint density at radius 3 is 2.68 bits per heavy atom. The lowest BCUT2D eigenvalue weighted by Gasteiger charge is -2.16. The molecular weight excluding hydrogens is 356 g/mol. The van der Waals surface area contributed by atoms with Gasteiger partial charge in [-0.2, -0.15) is 5.10 Å². The predicted octanol–water partition coefficient (Wildman–Crippen LogP) is 1.99. The van der Waals surface area contributed by atoms with E-state index in [0.717, 1.165) is 18.8 Å². The van der Waals surface area contributed by atoms with Crippen LogP contribution in [0.1, 0.15) is 23.7 Å². The first kappa shape index (κ1) is 18.3. The van der Waals surface area contributed by atoms with Crippen LogP contribution in [0.25, 0.3) is 0 Å². The van der Waals surface area contributed by atoms with E-state index >= 15 is 0 Å². The highest BCUT2D eigenvalue weighted by Gasteiger charge is 2.32. The Morgan fingerprint density at radius 1 is 1.32 bits per heavy atom. The fraction of sp³-hybridized carbons (Fsp3) is 0.529. The number of rotatable bonds is 6. The molecule has 1 aromatic heterocycles. The van der Waals surface area contributed by atoms with E-state index in [2.05, 4.69) is 22.1 Å². The van der Waals surface area contributed by atoms with Crippen molar-refractivity contribution in [3.63, 3.8) is 0 Å². The zero-order valence-electron chi connectivity index (χ0n) is 14.6. The molecular formula is C17H24N4O2S2. The Bertz CT molecular complexity index is 887. The molecule has 8 heteroatoms. The Balaban J connectivity index is 1.67. The summed E-state index contributed by atoms with van der Waals surface area (Å²) in [5, 5.41) is 4.62. The predicted molar refractivity (Wildman–Crippen MR) is 101 cm³/mol. The van der Waals surface area contributed by atoms with Crippen LogP contribution in [0.4, 0.5) is 0 Å². The average molecular weight is 381 g/mol. The van der Waals surface area contributed by atoms with Crippen LogP contribution in [-0.2, 0) is 30.0 Å². The van der Waals surface area contributed by atoms with E-state index in [-0.39, 0.29) is 17.4 Å². The van der Waals surface area contributed by atoms with E-state index < -0.39 is 9.84 Å². The number of benzene rings is 1. The highest BCUT2D eigenvalue weighted by atomic mass is 32.2. The van der Waals surface area contributed by atoms with Gasteiger partial charge in [-0.25, -0.2) is 13.1 Å². The van der Waals surface area contributed by atoms with Gasteiger partial charge in [0.1, 0.15) is 5.82 Å². The van der Waals surface area contributed by atoms with Crippen molar-refractivity contribution < 1.29 is 8.42 Å². The molecule has 1 saturated heterocycles. The maximum Gasteiger partial charge on any atom is 0.198 e. The summed E-state index contributed by atoms with van der Waals surface area (Å²) in [5.41, 5.74) is 1.30. The largest absolute Gasteiger partial charge is 0.307 e. The van der Waals surface area contributed by atoms with Gasteiger partial charge in [-0.3, -0.25) is 4.90 Å². The standard InChI is InChI=1S/C17H24N4O2S2/c1-19(10-8-14-6-4-3-5-7-14)13-21-17(24)20(2)16(18-21)15-9-11-25(22,23)12-15/h3-7,15H,8-13H2,1-2H3. The Hall–Kier alpha value is -1.51. The number of hydrogen-bond acceptors (Lipinski definition) is 5. The monoisotopic (exact) mass is 380 g/mol. The first-order valence-electron chi connectivity index (χ1n) is 8.42. The van der Waals surface area contributed by atoms with Crippen molar-refractivity contribution in [3.05, 3.63) is 46.5 Å². The number of sulfone groups is 1. The minimum absolute atomic E-state index is 0.0485. The molecule has 6 nitrogen and oxygen atoms in total. The minimum atomic E-state index is -2.93. The maximum absolute atomic E-state index is 11.7. The fourth-order valence-corrected chi connectivity index (χ4v) is 5.15. The molecule has 0 bridgehead atoms. The highest BCUT2D eigenvalue weighted by molar-refractivity contribution is 7.91. The van der Waals surface area contributed by atoms with Crippen molar-refractivity contribution in [1.29, 1.82) is 0 Å². The number of aromatic nitrogens is 3. The molecule has 1 unspecified atom stereocenters. The molecule has 0 N–H and O–H groups in total. The molecule has 1 aliphatic rings. The molecule has 0 aliphatic carbocycles. The Morgan fingerprint density at radius 2 is 2.04 bits per heavy atom. The molecule has 0 saturated carbocycles. The van der Waals surface area contributed by atoms with E-state index in [0.29, 0.717) is 17.9 Å². The van der Waals surface area contributed by atoms with Gasteiger partial charge in [-0.1, -0.05) is 30.3 Å². The molecule has 1 atom stereocenters.